The van der Waals surface area contributed by atoms with Crippen molar-refractivity contribution in [1.82, 2.24) is 14.5 Å². The van der Waals surface area contributed by atoms with Gasteiger partial charge in [-0.3, -0.25) is 4.57 Å². The highest BCUT2D eigenvalue weighted by Gasteiger charge is 2.18. The first kappa shape index (κ1) is 14.1. The van der Waals surface area contributed by atoms with Crippen molar-refractivity contribution in [1.29, 1.82) is 0 Å². The molecule has 5 heteroatoms. The topological polar surface area (TPSA) is 56.7 Å². The number of nitrogen functional groups attached to an aromatic ring is 1. The van der Waals surface area contributed by atoms with E-state index >= 15 is 0 Å². The number of hydrogen-bond donors (Lipinski definition) is 1. The van der Waals surface area contributed by atoms with Crippen LogP contribution in [0, 0.1) is 27.7 Å². The van der Waals surface area contributed by atoms with E-state index in [2.05, 4.69) is 63.4 Å². The Bertz CT molecular complexity index is 865. The predicted molar refractivity (Wildman–Crippen MR) is 89.9 cm³/mol. The summed E-state index contributed by atoms with van der Waals surface area (Å²) in [7, 11) is 0. The van der Waals surface area contributed by atoms with Crippen molar-refractivity contribution < 1.29 is 0 Å². The lowest BCUT2D eigenvalue weighted by molar-refractivity contribution is 0.988. The smallest absolute Gasteiger partial charge is 0.150 e. The standard InChI is InChI=1S/C16H17BrN4/c1-8-6-5-7-12(14(8)17)21-10(3)9(2)13-15(18)19-11(4)20-16(13)21/h5-7H,1-4H3,(H2,18,19,20). The van der Waals surface area contributed by atoms with E-state index in [4.69, 9.17) is 5.73 Å². The third-order valence-corrected chi connectivity index (χ3v) is 4.94. The van der Waals surface area contributed by atoms with Crippen molar-refractivity contribution in [2.75, 3.05) is 5.73 Å². The summed E-state index contributed by atoms with van der Waals surface area (Å²) in [6.45, 7) is 8.09. The molecule has 2 N–H and O–H groups in total. The van der Waals surface area contributed by atoms with E-state index in [-0.39, 0.29) is 0 Å². The molecule has 0 bridgehead atoms. The van der Waals surface area contributed by atoms with Crippen LogP contribution in [0.1, 0.15) is 22.6 Å². The molecule has 1 aromatic carbocycles. The number of anilines is 1. The Balaban J connectivity index is 2.48. The second-order valence-electron chi connectivity index (χ2n) is 5.31. The van der Waals surface area contributed by atoms with Gasteiger partial charge in [0, 0.05) is 10.2 Å². The van der Waals surface area contributed by atoms with Crippen molar-refractivity contribution in [3.05, 3.63) is 45.3 Å². The SMILES string of the molecule is Cc1nc(N)c2c(C)c(C)n(-c3cccc(C)c3Br)c2n1. The van der Waals surface area contributed by atoms with Gasteiger partial charge in [-0.05, 0) is 60.8 Å². The van der Waals surface area contributed by atoms with Crippen LogP contribution in [0.3, 0.4) is 0 Å². The minimum atomic E-state index is 0.542. The van der Waals surface area contributed by atoms with E-state index in [1.807, 2.05) is 13.0 Å². The van der Waals surface area contributed by atoms with Gasteiger partial charge in [-0.25, -0.2) is 9.97 Å². The molecular weight excluding hydrogens is 328 g/mol. The Morgan fingerprint density at radius 1 is 1.10 bits per heavy atom. The summed E-state index contributed by atoms with van der Waals surface area (Å²) >= 11 is 3.69. The number of aryl methyl sites for hydroxylation is 3. The monoisotopic (exact) mass is 344 g/mol. The maximum atomic E-state index is 6.11. The molecule has 0 amide bonds. The molecule has 0 aliphatic heterocycles. The molecule has 0 fully saturated rings. The first-order valence-electron chi connectivity index (χ1n) is 6.79. The quantitative estimate of drug-likeness (QED) is 0.725. The van der Waals surface area contributed by atoms with Crippen LogP contribution in [0.15, 0.2) is 22.7 Å². The van der Waals surface area contributed by atoms with Gasteiger partial charge < -0.3 is 5.73 Å². The van der Waals surface area contributed by atoms with Crippen molar-refractivity contribution in [3.8, 4) is 5.69 Å². The lowest BCUT2D eigenvalue weighted by Gasteiger charge is -2.12. The second kappa shape index (κ2) is 4.84. The summed E-state index contributed by atoms with van der Waals surface area (Å²) in [5, 5.41) is 0.937. The number of aromatic nitrogens is 3. The molecule has 0 aliphatic carbocycles. The van der Waals surface area contributed by atoms with Crippen LogP contribution in [0.25, 0.3) is 16.7 Å². The minimum Gasteiger partial charge on any atom is -0.383 e. The largest absolute Gasteiger partial charge is 0.383 e. The fourth-order valence-electron chi connectivity index (χ4n) is 2.71. The van der Waals surface area contributed by atoms with Gasteiger partial charge in [0.2, 0.25) is 0 Å². The summed E-state index contributed by atoms with van der Waals surface area (Å²) < 4.78 is 3.21. The molecule has 0 saturated heterocycles. The van der Waals surface area contributed by atoms with Crippen molar-refractivity contribution in [2.24, 2.45) is 0 Å². The molecule has 0 unspecified atom stereocenters. The Labute approximate surface area is 132 Å². The van der Waals surface area contributed by atoms with E-state index in [1.165, 1.54) is 5.56 Å². The molecule has 21 heavy (non-hydrogen) atoms. The van der Waals surface area contributed by atoms with Crippen LogP contribution in [0.5, 0.6) is 0 Å². The molecule has 0 aliphatic rings. The average molecular weight is 345 g/mol. The normalized spacial score (nSPS) is 11.3. The van der Waals surface area contributed by atoms with Crippen molar-refractivity contribution in [3.63, 3.8) is 0 Å². The zero-order chi connectivity index (χ0) is 15.3. The summed E-state index contributed by atoms with van der Waals surface area (Å²) in [5.41, 5.74) is 11.5. The van der Waals surface area contributed by atoms with Gasteiger partial charge in [0.25, 0.3) is 0 Å². The van der Waals surface area contributed by atoms with E-state index in [9.17, 15) is 0 Å². The van der Waals surface area contributed by atoms with Crippen LogP contribution < -0.4 is 5.73 Å². The number of nitrogens with zero attached hydrogens (tertiary/aromatic N) is 3. The third-order valence-electron chi connectivity index (χ3n) is 3.91. The first-order valence-corrected chi connectivity index (χ1v) is 7.58. The van der Waals surface area contributed by atoms with E-state index in [1.54, 1.807) is 0 Å². The molecule has 0 radical (unpaired) electrons. The van der Waals surface area contributed by atoms with Gasteiger partial charge in [-0.1, -0.05) is 12.1 Å². The number of benzene rings is 1. The number of hydrogen-bond acceptors (Lipinski definition) is 3. The molecule has 0 spiro atoms. The molecule has 0 saturated carbocycles. The Morgan fingerprint density at radius 2 is 1.81 bits per heavy atom. The Kier molecular flexibility index (Phi) is 3.24. The fraction of sp³-hybridized carbons (Fsp3) is 0.250. The average Bonchev–Trinajstić information content (AvgIpc) is 2.66. The molecule has 4 nitrogen and oxygen atoms in total. The van der Waals surface area contributed by atoms with Crippen LogP contribution >= 0.6 is 15.9 Å². The number of fused-ring (bicyclic) bond motifs is 1. The predicted octanol–water partition coefficient (Wildman–Crippen LogP) is 4.00. The zero-order valence-corrected chi connectivity index (χ0v) is 14.1. The molecule has 0 atom stereocenters. The molecule has 2 aromatic heterocycles. The number of halogens is 1. The van der Waals surface area contributed by atoms with E-state index in [0.29, 0.717) is 11.6 Å². The molecule has 3 rings (SSSR count). The summed E-state index contributed by atoms with van der Waals surface area (Å²) in [5.74, 6) is 1.23. The summed E-state index contributed by atoms with van der Waals surface area (Å²) in [6, 6.07) is 6.21. The van der Waals surface area contributed by atoms with Crippen molar-refractivity contribution >= 4 is 32.8 Å². The Morgan fingerprint density at radius 3 is 2.52 bits per heavy atom. The van der Waals surface area contributed by atoms with Crippen LogP contribution in [-0.4, -0.2) is 14.5 Å². The second-order valence-corrected chi connectivity index (χ2v) is 6.10. The molecule has 3 aromatic rings. The summed E-state index contributed by atoms with van der Waals surface area (Å²) in [6.07, 6.45) is 0. The zero-order valence-electron chi connectivity index (χ0n) is 12.5. The lowest BCUT2D eigenvalue weighted by Crippen LogP contribution is -2.02. The van der Waals surface area contributed by atoms with Crippen LogP contribution in [-0.2, 0) is 0 Å². The number of nitrogens with two attached hydrogens (primary N) is 1. The van der Waals surface area contributed by atoms with Gasteiger partial charge in [0.1, 0.15) is 11.6 Å². The van der Waals surface area contributed by atoms with Gasteiger partial charge in [-0.15, -0.1) is 0 Å². The number of rotatable bonds is 1. The van der Waals surface area contributed by atoms with E-state index < -0.39 is 0 Å². The molecule has 108 valence electrons. The van der Waals surface area contributed by atoms with Gasteiger partial charge in [0.05, 0.1) is 11.1 Å². The lowest BCUT2D eigenvalue weighted by atomic mass is 10.2. The van der Waals surface area contributed by atoms with Crippen molar-refractivity contribution in [2.45, 2.75) is 27.7 Å². The van der Waals surface area contributed by atoms with Crippen LogP contribution in [0.2, 0.25) is 0 Å². The highest BCUT2D eigenvalue weighted by molar-refractivity contribution is 9.10. The minimum absolute atomic E-state index is 0.542. The fourth-order valence-corrected chi connectivity index (χ4v) is 3.15. The summed E-state index contributed by atoms with van der Waals surface area (Å²) in [4.78, 5) is 8.91. The maximum Gasteiger partial charge on any atom is 0.150 e. The van der Waals surface area contributed by atoms with E-state index in [0.717, 1.165) is 32.5 Å². The van der Waals surface area contributed by atoms with Crippen LogP contribution in [0.4, 0.5) is 5.82 Å². The molecular formula is C16H17BrN4. The Hall–Kier alpha value is -1.88. The van der Waals surface area contributed by atoms with Gasteiger partial charge >= 0.3 is 0 Å². The molecule has 2 heterocycles. The third kappa shape index (κ3) is 2.03. The van der Waals surface area contributed by atoms with Gasteiger partial charge in [-0.2, -0.15) is 0 Å². The first-order chi connectivity index (χ1) is 9.91. The van der Waals surface area contributed by atoms with Gasteiger partial charge in [0.15, 0.2) is 5.65 Å². The highest BCUT2D eigenvalue weighted by Crippen LogP contribution is 2.34. The highest BCUT2D eigenvalue weighted by atomic mass is 79.9. The maximum absolute atomic E-state index is 6.11.